The molecule has 2 rings (SSSR count). The molecule has 0 bridgehead atoms. The van der Waals surface area contributed by atoms with Crippen LogP contribution in [-0.4, -0.2) is 17.9 Å². The zero-order valence-electron chi connectivity index (χ0n) is 11.6. The number of nitrogens with zero attached hydrogens (tertiary/aromatic N) is 1. The van der Waals surface area contributed by atoms with Crippen LogP contribution in [0.4, 0.5) is 10.1 Å². The van der Waals surface area contributed by atoms with E-state index in [1.165, 1.54) is 23.1 Å². The molecule has 0 saturated heterocycles. The first kappa shape index (κ1) is 14.1. The molecule has 4 heteroatoms. The lowest BCUT2D eigenvalue weighted by Gasteiger charge is -2.18. The lowest BCUT2D eigenvalue weighted by Crippen LogP contribution is -2.27. The quantitative estimate of drug-likeness (QED) is 0.873. The molecule has 0 fully saturated rings. The number of nitrogen functional groups attached to an aromatic ring is 1. The van der Waals surface area contributed by atoms with Crippen molar-refractivity contribution < 1.29 is 9.18 Å². The Morgan fingerprint density at radius 3 is 2.50 bits per heavy atom. The number of halogens is 1. The van der Waals surface area contributed by atoms with Crippen molar-refractivity contribution in [1.29, 1.82) is 0 Å². The number of aryl methyl sites for hydroxylation is 1. The molecule has 0 atom stereocenters. The van der Waals surface area contributed by atoms with Gasteiger partial charge in [0.05, 0.1) is 5.56 Å². The highest BCUT2D eigenvalue weighted by molar-refractivity contribution is 5.95. The van der Waals surface area contributed by atoms with Crippen molar-refractivity contribution in [2.24, 2.45) is 0 Å². The third-order valence-corrected chi connectivity index (χ3v) is 3.11. The molecule has 0 aliphatic rings. The Labute approximate surface area is 117 Å². The lowest BCUT2D eigenvalue weighted by atomic mass is 10.1. The molecule has 20 heavy (non-hydrogen) atoms. The van der Waals surface area contributed by atoms with E-state index in [9.17, 15) is 9.18 Å². The van der Waals surface area contributed by atoms with Crippen molar-refractivity contribution in [2.45, 2.75) is 13.5 Å². The summed E-state index contributed by atoms with van der Waals surface area (Å²) in [5.41, 5.74) is 8.12. The highest BCUT2D eigenvalue weighted by atomic mass is 19.1. The zero-order chi connectivity index (χ0) is 14.7. The third kappa shape index (κ3) is 3.15. The fourth-order valence-electron chi connectivity index (χ4n) is 1.95. The number of carbonyl (C=O) groups excluding carboxylic acids is 1. The van der Waals surface area contributed by atoms with Crippen LogP contribution in [0, 0.1) is 12.7 Å². The van der Waals surface area contributed by atoms with E-state index in [4.69, 9.17) is 5.73 Å². The number of hydrogen-bond donors (Lipinski definition) is 1. The Balaban J connectivity index is 2.16. The fraction of sp³-hybridized carbons (Fsp3) is 0.188. The molecular formula is C16H17FN2O. The molecule has 2 aromatic rings. The van der Waals surface area contributed by atoms with Crippen molar-refractivity contribution in [3.05, 3.63) is 65.0 Å². The van der Waals surface area contributed by atoms with Crippen LogP contribution in [0.15, 0.2) is 42.5 Å². The van der Waals surface area contributed by atoms with Crippen LogP contribution in [0.5, 0.6) is 0 Å². The predicted octanol–water partition coefficient (Wildman–Crippen LogP) is 2.99. The molecule has 3 nitrogen and oxygen atoms in total. The summed E-state index contributed by atoms with van der Waals surface area (Å²) in [6.07, 6.45) is 0. The van der Waals surface area contributed by atoms with Crippen LogP contribution < -0.4 is 5.73 Å². The van der Waals surface area contributed by atoms with E-state index >= 15 is 0 Å². The van der Waals surface area contributed by atoms with Crippen LogP contribution in [0.3, 0.4) is 0 Å². The average Bonchev–Trinajstić information content (AvgIpc) is 2.43. The fourth-order valence-corrected chi connectivity index (χ4v) is 1.95. The number of benzene rings is 2. The van der Waals surface area contributed by atoms with E-state index in [-0.39, 0.29) is 11.5 Å². The number of rotatable bonds is 3. The van der Waals surface area contributed by atoms with Gasteiger partial charge in [0.2, 0.25) is 0 Å². The number of hydrogen-bond acceptors (Lipinski definition) is 2. The standard InChI is InChI=1S/C16H17FN2O/c1-11-3-5-12(6-4-11)10-19(2)16(20)14-9-13(18)7-8-15(14)17/h3-9H,10,18H2,1-2H3. The van der Waals surface area contributed by atoms with Gasteiger partial charge < -0.3 is 10.6 Å². The second kappa shape index (κ2) is 5.74. The number of nitrogens with two attached hydrogens (primary N) is 1. The number of carbonyl (C=O) groups is 1. The molecule has 0 saturated carbocycles. The van der Waals surface area contributed by atoms with Crippen LogP contribution >= 0.6 is 0 Å². The molecule has 0 spiro atoms. The molecule has 0 unspecified atom stereocenters. The molecule has 2 aromatic carbocycles. The van der Waals surface area contributed by atoms with Crippen molar-refractivity contribution in [2.75, 3.05) is 12.8 Å². The largest absolute Gasteiger partial charge is 0.399 e. The molecule has 1 amide bonds. The van der Waals surface area contributed by atoms with Gasteiger partial charge in [-0.05, 0) is 30.7 Å². The molecule has 0 radical (unpaired) electrons. The molecule has 2 N–H and O–H groups in total. The summed E-state index contributed by atoms with van der Waals surface area (Å²) in [6, 6.07) is 11.9. The Kier molecular flexibility index (Phi) is 4.03. The van der Waals surface area contributed by atoms with E-state index in [0.29, 0.717) is 12.2 Å². The minimum absolute atomic E-state index is 0.000360. The molecule has 0 aromatic heterocycles. The summed E-state index contributed by atoms with van der Waals surface area (Å²) in [4.78, 5) is 13.7. The summed E-state index contributed by atoms with van der Waals surface area (Å²) in [5.74, 6) is -0.935. The van der Waals surface area contributed by atoms with Crippen molar-refractivity contribution in [3.8, 4) is 0 Å². The van der Waals surface area contributed by atoms with Crippen LogP contribution in [0.2, 0.25) is 0 Å². The maximum atomic E-state index is 13.7. The molecule has 0 aliphatic heterocycles. The third-order valence-electron chi connectivity index (χ3n) is 3.11. The van der Waals surface area contributed by atoms with Gasteiger partial charge >= 0.3 is 0 Å². The van der Waals surface area contributed by atoms with Gasteiger partial charge in [-0.3, -0.25) is 4.79 Å². The van der Waals surface area contributed by atoms with Crippen LogP contribution in [0.1, 0.15) is 21.5 Å². The second-order valence-corrected chi connectivity index (χ2v) is 4.89. The first-order valence-corrected chi connectivity index (χ1v) is 6.33. The second-order valence-electron chi connectivity index (χ2n) is 4.89. The summed E-state index contributed by atoms with van der Waals surface area (Å²) in [7, 11) is 1.64. The number of amides is 1. The minimum atomic E-state index is -0.556. The van der Waals surface area contributed by atoms with Crippen molar-refractivity contribution in [1.82, 2.24) is 4.90 Å². The average molecular weight is 272 g/mol. The Morgan fingerprint density at radius 1 is 1.20 bits per heavy atom. The predicted molar refractivity (Wildman–Crippen MR) is 77.8 cm³/mol. The van der Waals surface area contributed by atoms with Gasteiger partial charge in [0.25, 0.3) is 5.91 Å². The topological polar surface area (TPSA) is 46.3 Å². The van der Waals surface area contributed by atoms with Gasteiger partial charge in [0.15, 0.2) is 0 Å². The molecule has 0 heterocycles. The molecule has 104 valence electrons. The smallest absolute Gasteiger partial charge is 0.256 e. The van der Waals surface area contributed by atoms with Gasteiger partial charge in [-0.15, -0.1) is 0 Å². The van der Waals surface area contributed by atoms with Crippen LogP contribution in [-0.2, 0) is 6.54 Å². The first-order valence-electron chi connectivity index (χ1n) is 6.33. The van der Waals surface area contributed by atoms with E-state index in [1.54, 1.807) is 7.05 Å². The van der Waals surface area contributed by atoms with Crippen molar-refractivity contribution >= 4 is 11.6 Å². The van der Waals surface area contributed by atoms with Crippen LogP contribution in [0.25, 0.3) is 0 Å². The molecular weight excluding hydrogens is 255 g/mol. The summed E-state index contributed by atoms with van der Waals surface area (Å²) >= 11 is 0. The first-order chi connectivity index (χ1) is 9.47. The Morgan fingerprint density at radius 2 is 1.85 bits per heavy atom. The SMILES string of the molecule is Cc1ccc(CN(C)C(=O)c2cc(N)ccc2F)cc1. The highest BCUT2D eigenvalue weighted by Gasteiger charge is 2.16. The normalized spacial score (nSPS) is 10.3. The Bertz CT molecular complexity index is 623. The summed E-state index contributed by atoms with van der Waals surface area (Å²) in [5, 5.41) is 0. The van der Waals surface area contributed by atoms with E-state index < -0.39 is 5.82 Å². The zero-order valence-corrected chi connectivity index (χ0v) is 11.6. The maximum Gasteiger partial charge on any atom is 0.256 e. The summed E-state index contributed by atoms with van der Waals surface area (Å²) in [6.45, 7) is 2.42. The Hall–Kier alpha value is -2.36. The summed E-state index contributed by atoms with van der Waals surface area (Å²) < 4.78 is 13.7. The van der Waals surface area contributed by atoms with Gasteiger partial charge in [0.1, 0.15) is 5.82 Å². The van der Waals surface area contributed by atoms with E-state index in [1.807, 2.05) is 31.2 Å². The van der Waals surface area contributed by atoms with Gasteiger partial charge in [-0.1, -0.05) is 29.8 Å². The maximum absolute atomic E-state index is 13.7. The molecule has 0 aliphatic carbocycles. The van der Waals surface area contributed by atoms with Gasteiger partial charge in [-0.25, -0.2) is 4.39 Å². The van der Waals surface area contributed by atoms with E-state index in [2.05, 4.69) is 0 Å². The highest BCUT2D eigenvalue weighted by Crippen LogP contribution is 2.15. The monoisotopic (exact) mass is 272 g/mol. The van der Waals surface area contributed by atoms with E-state index in [0.717, 1.165) is 11.1 Å². The van der Waals surface area contributed by atoms with Gasteiger partial charge in [0, 0.05) is 19.3 Å². The van der Waals surface area contributed by atoms with Crippen molar-refractivity contribution in [3.63, 3.8) is 0 Å². The van der Waals surface area contributed by atoms with Gasteiger partial charge in [-0.2, -0.15) is 0 Å². The minimum Gasteiger partial charge on any atom is -0.399 e. The number of anilines is 1. The lowest BCUT2D eigenvalue weighted by molar-refractivity contribution is 0.0780.